The first-order chi connectivity index (χ1) is 14.8. The van der Waals surface area contributed by atoms with E-state index in [2.05, 4.69) is 19.2 Å². The molecule has 3 rings (SSSR count). The Bertz CT molecular complexity index is 994. The third kappa shape index (κ3) is 5.66. The van der Waals surface area contributed by atoms with E-state index >= 15 is 0 Å². The Labute approximate surface area is 183 Å². The lowest BCUT2D eigenvalue weighted by molar-refractivity contribution is -0.112. The number of nitrogens with one attached hydrogen (secondary N) is 1. The van der Waals surface area contributed by atoms with Crippen molar-refractivity contribution in [3.05, 3.63) is 65.4 Å². The molecule has 1 amide bonds. The van der Waals surface area contributed by atoms with Crippen LogP contribution < -0.4 is 14.8 Å². The summed E-state index contributed by atoms with van der Waals surface area (Å²) in [7, 11) is 3.21. The van der Waals surface area contributed by atoms with Crippen molar-refractivity contribution in [2.75, 3.05) is 26.1 Å². The number of aliphatic hydroxyl groups excluding tert-OH is 1. The lowest BCUT2D eigenvalue weighted by Gasteiger charge is -2.31. The standard InChI is InChI=1S/C25H30N2O4/c1-25(2)15-19(26-13-12-17-10-11-21(30-3)22(14-17)31-4)23(20(28)16-25)24(29)27-18-8-6-5-7-9-18/h5-11,14,28H,12-13,15-16H2,1-4H3,(H,27,29). The van der Waals surface area contributed by atoms with Gasteiger partial charge in [-0.05, 0) is 48.1 Å². The molecular formula is C25H30N2O4. The Morgan fingerprint density at radius 3 is 2.45 bits per heavy atom. The van der Waals surface area contributed by atoms with Gasteiger partial charge in [-0.15, -0.1) is 0 Å². The maximum atomic E-state index is 12.9. The molecule has 0 radical (unpaired) electrons. The molecule has 0 heterocycles. The molecule has 2 N–H and O–H groups in total. The summed E-state index contributed by atoms with van der Waals surface area (Å²) in [5, 5.41) is 13.5. The molecule has 0 aromatic heterocycles. The third-order valence-corrected chi connectivity index (χ3v) is 5.28. The Morgan fingerprint density at radius 1 is 1.06 bits per heavy atom. The van der Waals surface area contributed by atoms with Crippen LogP contribution in [0.4, 0.5) is 5.69 Å². The highest BCUT2D eigenvalue weighted by atomic mass is 16.5. The van der Waals surface area contributed by atoms with E-state index in [-0.39, 0.29) is 22.7 Å². The fourth-order valence-corrected chi connectivity index (χ4v) is 3.78. The van der Waals surface area contributed by atoms with Gasteiger partial charge in [0.2, 0.25) is 0 Å². The number of para-hydroxylation sites is 1. The van der Waals surface area contributed by atoms with Crippen LogP contribution >= 0.6 is 0 Å². The number of aliphatic imine (C=N–C) groups is 1. The van der Waals surface area contributed by atoms with Crippen molar-refractivity contribution in [3.8, 4) is 11.5 Å². The molecule has 31 heavy (non-hydrogen) atoms. The number of anilines is 1. The van der Waals surface area contributed by atoms with Gasteiger partial charge >= 0.3 is 0 Å². The van der Waals surface area contributed by atoms with E-state index in [1.807, 2.05) is 48.5 Å². The smallest absolute Gasteiger partial charge is 0.260 e. The number of benzene rings is 2. The van der Waals surface area contributed by atoms with Gasteiger partial charge < -0.3 is 19.9 Å². The van der Waals surface area contributed by atoms with Crippen molar-refractivity contribution in [1.82, 2.24) is 0 Å². The van der Waals surface area contributed by atoms with Crippen LogP contribution in [0.5, 0.6) is 11.5 Å². The number of carbonyl (C=O) groups is 1. The highest BCUT2D eigenvalue weighted by molar-refractivity contribution is 6.26. The number of methoxy groups -OCH3 is 2. The zero-order chi connectivity index (χ0) is 22.4. The minimum absolute atomic E-state index is 0.0922. The summed E-state index contributed by atoms with van der Waals surface area (Å²) in [5.41, 5.74) is 2.50. The maximum absolute atomic E-state index is 12.9. The summed E-state index contributed by atoms with van der Waals surface area (Å²) >= 11 is 0. The Morgan fingerprint density at radius 2 is 1.77 bits per heavy atom. The van der Waals surface area contributed by atoms with Crippen LogP contribution in [0.2, 0.25) is 0 Å². The monoisotopic (exact) mass is 422 g/mol. The summed E-state index contributed by atoms with van der Waals surface area (Å²) in [5.74, 6) is 1.12. The first-order valence-electron chi connectivity index (χ1n) is 10.4. The van der Waals surface area contributed by atoms with Gasteiger partial charge in [0.15, 0.2) is 11.5 Å². The number of hydrogen-bond acceptors (Lipinski definition) is 5. The average Bonchev–Trinajstić information content (AvgIpc) is 2.73. The molecule has 1 aliphatic carbocycles. The van der Waals surface area contributed by atoms with Crippen LogP contribution in [0, 0.1) is 5.41 Å². The van der Waals surface area contributed by atoms with Gasteiger partial charge in [-0.3, -0.25) is 9.79 Å². The van der Waals surface area contributed by atoms with E-state index in [1.54, 1.807) is 14.2 Å². The van der Waals surface area contributed by atoms with Gasteiger partial charge in [0.1, 0.15) is 5.76 Å². The minimum Gasteiger partial charge on any atom is -0.511 e. The fraction of sp³-hybridized carbons (Fsp3) is 0.360. The molecule has 0 unspecified atom stereocenters. The van der Waals surface area contributed by atoms with E-state index in [4.69, 9.17) is 14.5 Å². The van der Waals surface area contributed by atoms with E-state index in [1.165, 1.54) is 0 Å². The van der Waals surface area contributed by atoms with Crippen molar-refractivity contribution < 1.29 is 19.4 Å². The van der Waals surface area contributed by atoms with Crippen LogP contribution in [0.25, 0.3) is 0 Å². The van der Waals surface area contributed by atoms with Crippen LogP contribution in [0.1, 0.15) is 32.3 Å². The molecule has 1 aliphatic rings. The number of amides is 1. The van der Waals surface area contributed by atoms with Gasteiger partial charge in [-0.25, -0.2) is 0 Å². The van der Waals surface area contributed by atoms with Gasteiger partial charge in [-0.2, -0.15) is 0 Å². The lowest BCUT2D eigenvalue weighted by Crippen LogP contribution is -2.32. The number of allylic oxidation sites excluding steroid dienone is 1. The van der Waals surface area contributed by atoms with E-state index in [0.29, 0.717) is 48.7 Å². The van der Waals surface area contributed by atoms with Gasteiger partial charge in [0.05, 0.1) is 25.5 Å². The minimum atomic E-state index is -0.330. The molecule has 0 aliphatic heterocycles. The summed E-state index contributed by atoms with van der Waals surface area (Å²) in [6, 6.07) is 15.0. The molecule has 164 valence electrons. The zero-order valence-electron chi connectivity index (χ0n) is 18.6. The molecule has 0 saturated carbocycles. The summed E-state index contributed by atoms with van der Waals surface area (Å²) in [6.07, 6.45) is 1.75. The number of nitrogens with zero attached hydrogens (tertiary/aromatic N) is 1. The molecule has 0 atom stereocenters. The molecule has 0 fully saturated rings. The normalized spacial score (nSPS) is 16.8. The SMILES string of the molecule is COc1ccc(CCN=C2CC(C)(C)CC(O)=C2C(=O)Nc2ccccc2)cc1OC. The maximum Gasteiger partial charge on any atom is 0.260 e. The topological polar surface area (TPSA) is 80.2 Å². The molecule has 6 heteroatoms. The second kappa shape index (κ2) is 9.69. The van der Waals surface area contributed by atoms with E-state index in [9.17, 15) is 9.90 Å². The fourth-order valence-electron chi connectivity index (χ4n) is 3.78. The Kier molecular flexibility index (Phi) is 7.00. The van der Waals surface area contributed by atoms with Crippen LogP contribution in [-0.4, -0.2) is 37.5 Å². The van der Waals surface area contributed by atoms with Crippen molar-refractivity contribution in [3.63, 3.8) is 0 Å². The van der Waals surface area contributed by atoms with Crippen LogP contribution in [0.3, 0.4) is 0 Å². The highest BCUT2D eigenvalue weighted by Crippen LogP contribution is 2.37. The predicted molar refractivity (Wildman–Crippen MR) is 123 cm³/mol. The zero-order valence-corrected chi connectivity index (χ0v) is 18.6. The summed E-state index contributed by atoms with van der Waals surface area (Å²) in [4.78, 5) is 17.7. The molecule has 2 aromatic carbocycles. The van der Waals surface area contributed by atoms with Crippen molar-refractivity contribution >= 4 is 17.3 Å². The van der Waals surface area contributed by atoms with Crippen molar-refractivity contribution in [2.24, 2.45) is 10.4 Å². The second-order valence-electron chi connectivity index (χ2n) is 8.43. The first-order valence-corrected chi connectivity index (χ1v) is 10.4. The molecular weight excluding hydrogens is 392 g/mol. The Balaban J connectivity index is 1.80. The number of carbonyl (C=O) groups excluding carboxylic acids is 1. The molecule has 6 nitrogen and oxygen atoms in total. The highest BCUT2D eigenvalue weighted by Gasteiger charge is 2.34. The first kappa shape index (κ1) is 22.4. The quantitative estimate of drug-likeness (QED) is 0.661. The van der Waals surface area contributed by atoms with Crippen LogP contribution in [-0.2, 0) is 11.2 Å². The van der Waals surface area contributed by atoms with E-state index < -0.39 is 0 Å². The van der Waals surface area contributed by atoms with E-state index in [0.717, 1.165) is 5.56 Å². The summed E-state index contributed by atoms with van der Waals surface area (Å²) in [6.45, 7) is 4.63. The molecule has 0 spiro atoms. The predicted octanol–water partition coefficient (Wildman–Crippen LogP) is 4.96. The van der Waals surface area contributed by atoms with Gasteiger partial charge in [-0.1, -0.05) is 38.1 Å². The molecule has 0 saturated heterocycles. The molecule has 0 bridgehead atoms. The van der Waals surface area contributed by atoms with Crippen molar-refractivity contribution in [1.29, 1.82) is 0 Å². The number of rotatable bonds is 7. The van der Waals surface area contributed by atoms with Gasteiger partial charge in [0.25, 0.3) is 5.91 Å². The van der Waals surface area contributed by atoms with Crippen LogP contribution in [0.15, 0.2) is 64.9 Å². The third-order valence-electron chi connectivity index (χ3n) is 5.28. The average molecular weight is 423 g/mol. The van der Waals surface area contributed by atoms with Gasteiger partial charge in [0, 0.05) is 18.7 Å². The van der Waals surface area contributed by atoms with Crippen molar-refractivity contribution in [2.45, 2.75) is 33.1 Å². The largest absolute Gasteiger partial charge is 0.511 e. The Hall–Kier alpha value is -3.28. The lowest BCUT2D eigenvalue weighted by atomic mass is 9.76. The number of hydrogen-bond donors (Lipinski definition) is 2. The summed E-state index contributed by atoms with van der Waals surface area (Å²) < 4.78 is 10.6. The second-order valence-corrected chi connectivity index (χ2v) is 8.43. The number of ether oxygens (including phenoxy) is 2. The molecule has 2 aromatic rings. The number of aliphatic hydroxyl groups is 1.